The second-order valence-electron chi connectivity index (χ2n) is 4.38. The van der Waals surface area contributed by atoms with Crippen LogP contribution in [0, 0.1) is 6.92 Å². The maximum atomic E-state index is 12.2. The van der Waals surface area contributed by atoms with Crippen molar-refractivity contribution in [2.45, 2.75) is 32.3 Å². The van der Waals surface area contributed by atoms with E-state index in [1.165, 1.54) is 0 Å². The average Bonchev–Trinajstić information content (AvgIpc) is 2.65. The SMILES string of the molecule is Cc1cccc(C(=O)C2(C)CCCO2)c1. The van der Waals surface area contributed by atoms with Crippen molar-refractivity contribution < 1.29 is 9.53 Å². The molecule has 1 aromatic rings. The third-order valence-electron chi connectivity index (χ3n) is 2.98. The molecule has 0 N–H and O–H groups in total. The van der Waals surface area contributed by atoms with Crippen molar-refractivity contribution in [2.75, 3.05) is 6.61 Å². The Bertz CT molecular complexity index is 376. The van der Waals surface area contributed by atoms with Crippen molar-refractivity contribution in [1.29, 1.82) is 0 Å². The van der Waals surface area contributed by atoms with Crippen LogP contribution in [0.5, 0.6) is 0 Å². The smallest absolute Gasteiger partial charge is 0.194 e. The van der Waals surface area contributed by atoms with Crippen LogP contribution in [0.2, 0.25) is 0 Å². The first-order chi connectivity index (χ1) is 7.12. The summed E-state index contributed by atoms with van der Waals surface area (Å²) in [7, 11) is 0. The van der Waals surface area contributed by atoms with Crippen molar-refractivity contribution >= 4 is 5.78 Å². The third kappa shape index (κ3) is 1.95. The van der Waals surface area contributed by atoms with Gasteiger partial charge in [0.05, 0.1) is 0 Å². The van der Waals surface area contributed by atoms with Crippen LogP contribution in [0.15, 0.2) is 24.3 Å². The van der Waals surface area contributed by atoms with E-state index in [0.29, 0.717) is 6.61 Å². The number of ketones is 1. The standard InChI is InChI=1S/C13H16O2/c1-10-5-3-6-11(9-10)12(14)13(2)7-4-8-15-13/h3,5-6,9H,4,7-8H2,1-2H3. The Balaban J connectivity index is 2.27. The number of carbonyl (C=O) groups excluding carboxylic acids is 1. The minimum absolute atomic E-state index is 0.115. The molecule has 0 radical (unpaired) electrons. The van der Waals surface area contributed by atoms with Gasteiger partial charge in [0.2, 0.25) is 0 Å². The normalized spacial score (nSPS) is 25.5. The first-order valence-corrected chi connectivity index (χ1v) is 5.37. The van der Waals surface area contributed by atoms with Gasteiger partial charge in [-0.2, -0.15) is 0 Å². The lowest BCUT2D eigenvalue weighted by atomic mass is 9.91. The Morgan fingerprint density at radius 1 is 1.47 bits per heavy atom. The van der Waals surface area contributed by atoms with Gasteiger partial charge in [0.25, 0.3) is 0 Å². The summed E-state index contributed by atoms with van der Waals surface area (Å²) in [6, 6.07) is 7.70. The van der Waals surface area contributed by atoms with Gasteiger partial charge in [-0.3, -0.25) is 4.79 Å². The summed E-state index contributed by atoms with van der Waals surface area (Å²) in [6.45, 7) is 4.59. The van der Waals surface area contributed by atoms with Gasteiger partial charge in [-0.15, -0.1) is 0 Å². The summed E-state index contributed by atoms with van der Waals surface area (Å²) in [6.07, 6.45) is 1.81. The van der Waals surface area contributed by atoms with Gasteiger partial charge < -0.3 is 4.74 Å². The second kappa shape index (κ2) is 3.78. The zero-order valence-electron chi connectivity index (χ0n) is 9.25. The zero-order valence-corrected chi connectivity index (χ0v) is 9.25. The highest BCUT2D eigenvalue weighted by Gasteiger charge is 2.37. The summed E-state index contributed by atoms with van der Waals surface area (Å²) in [5, 5.41) is 0. The quantitative estimate of drug-likeness (QED) is 0.692. The van der Waals surface area contributed by atoms with Crippen LogP contribution < -0.4 is 0 Å². The topological polar surface area (TPSA) is 26.3 Å². The maximum absolute atomic E-state index is 12.2. The molecule has 0 bridgehead atoms. The van der Waals surface area contributed by atoms with E-state index in [1.54, 1.807) is 0 Å². The van der Waals surface area contributed by atoms with E-state index in [2.05, 4.69) is 0 Å². The molecule has 0 aliphatic carbocycles. The number of benzene rings is 1. The average molecular weight is 204 g/mol. The molecule has 1 fully saturated rings. The van der Waals surface area contributed by atoms with Gasteiger partial charge in [-0.05, 0) is 32.8 Å². The Hall–Kier alpha value is -1.15. The molecule has 80 valence electrons. The summed E-state index contributed by atoms with van der Waals surface area (Å²) in [5.41, 5.74) is 1.29. The molecular formula is C13H16O2. The van der Waals surface area contributed by atoms with E-state index in [4.69, 9.17) is 4.74 Å². The molecule has 2 heteroatoms. The molecule has 2 nitrogen and oxygen atoms in total. The van der Waals surface area contributed by atoms with Gasteiger partial charge in [0, 0.05) is 12.2 Å². The molecule has 1 aliphatic heterocycles. The van der Waals surface area contributed by atoms with Gasteiger partial charge in [-0.1, -0.05) is 23.8 Å². The minimum Gasteiger partial charge on any atom is -0.367 e. The summed E-state index contributed by atoms with van der Waals surface area (Å²) in [5.74, 6) is 0.115. The molecule has 1 heterocycles. The van der Waals surface area contributed by atoms with Crippen LogP contribution in [0.4, 0.5) is 0 Å². The lowest BCUT2D eigenvalue weighted by Crippen LogP contribution is -2.34. The number of Topliss-reactive ketones (excluding diaryl/α,β-unsaturated/α-hetero) is 1. The predicted molar refractivity (Wildman–Crippen MR) is 59.1 cm³/mol. The van der Waals surface area contributed by atoms with Crippen LogP contribution in [0.25, 0.3) is 0 Å². The monoisotopic (exact) mass is 204 g/mol. The molecule has 1 unspecified atom stereocenters. The van der Waals surface area contributed by atoms with E-state index in [0.717, 1.165) is 24.0 Å². The van der Waals surface area contributed by atoms with Crippen LogP contribution in [0.1, 0.15) is 35.7 Å². The largest absolute Gasteiger partial charge is 0.367 e. The lowest BCUT2D eigenvalue weighted by Gasteiger charge is -2.21. The molecule has 0 saturated carbocycles. The molecule has 1 aromatic carbocycles. The van der Waals surface area contributed by atoms with E-state index in [1.807, 2.05) is 38.1 Å². The number of hydrogen-bond donors (Lipinski definition) is 0. The fraction of sp³-hybridized carbons (Fsp3) is 0.462. The van der Waals surface area contributed by atoms with Crippen LogP contribution >= 0.6 is 0 Å². The number of rotatable bonds is 2. The highest BCUT2D eigenvalue weighted by Crippen LogP contribution is 2.29. The zero-order chi connectivity index (χ0) is 10.9. The van der Waals surface area contributed by atoms with Crippen molar-refractivity contribution in [3.8, 4) is 0 Å². The number of ether oxygens (including phenoxy) is 1. The van der Waals surface area contributed by atoms with E-state index in [9.17, 15) is 4.79 Å². The molecule has 2 rings (SSSR count). The van der Waals surface area contributed by atoms with Gasteiger partial charge >= 0.3 is 0 Å². The Morgan fingerprint density at radius 3 is 2.87 bits per heavy atom. The molecular weight excluding hydrogens is 188 g/mol. The highest BCUT2D eigenvalue weighted by atomic mass is 16.5. The second-order valence-corrected chi connectivity index (χ2v) is 4.38. The van der Waals surface area contributed by atoms with Crippen molar-refractivity contribution in [2.24, 2.45) is 0 Å². The molecule has 1 saturated heterocycles. The van der Waals surface area contributed by atoms with Crippen molar-refractivity contribution in [3.05, 3.63) is 35.4 Å². The molecule has 1 aliphatic rings. The van der Waals surface area contributed by atoms with E-state index >= 15 is 0 Å². The number of carbonyl (C=O) groups is 1. The Labute approximate surface area is 90.3 Å². The van der Waals surface area contributed by atoms with Crippen molar-refractivity contribution in [1.82, 2.24) is 0 Å². The van der Waals surface area contributed by atoms with Crippen LogP contribution in [-0.4, -0.2) is 18.0 Å². The van der Waals surface area contributed by atoms with E-state index < -0.39 is 5.60 Å². The molecule has 1 atom stereocenters. The van der Waals surface area contributed by atoms with Crippen LogP contribution in [0.3, 0.4) is 0 Å². The molecule has 0 aromatic heterocycles. The highest BCUT2D eigenvalue weighted by molar-refractivity contribution is 6.02. The lowest BCUT2D eigenvalue weighted by molar-refractivity contribution is 0.0213. The molecule has 0 amide bonds. The fourth-order valence-corrected chi connectivity index (χ4v) is 2.05. The predicted octanol–water partition coefficient (Wildman–Crippen LogP) is 2.75. The summed E-state index contributed by atoms with van der Waals surface area (Å²) < 4.78 is 5.55. The molecule has 15 heavy (non-hydrogen) atoms. The van der Waals surface area contributed by atoms with E-state index in [-0.39, 0.29) is 5.78 Å². The number of hydrogen-bond acceptors (Lipinski definition) is 2. The number of aryl methyl sites for hydroxylation is 1. The Kier molecular flexibility index (Phi) is 2.61. The summed E-state index contributed by atoms with van der Waals surface area (Å²) in [4.78, 5) is 12.2. The van der Waals surface area contributed by atoms with Gasteiger partial charge in [0.15, 0.2) is 5.78 Å². The third-order valence-corrected chi connectivity index (χ3v) is 2.98. The van der Waals surface area contributed by atoms with Gasteiger partial charge in [0.1, 0.15) is 5.60 Å². The summed E-state index contributed by atoms with van der Waals surface area (Å²) >= 11 is 0. The maximum Gasteiger partial charge on any atom is 0.194 e. The first-order valence-electron chi connectivity index (χ1n) is 5.37. The molecule has 0 spiro atoms. The van der Waals surface area contributed by atoms with Crippen LogP contribution in [-0.2, 0) is 4.74 Å². The minimum atomic E-state index is -0.589. The van der Waals surface area contributed by atoms with Crippen molar-refractivity contribution in [3.63, 3.8) is 0 Å². The first kappa shape index (κ1) is 10.4. The Morgan fingerprint density at radius 2 is 2.27 bits per heavy atom. The van der Waals surface area contributed by atoms with Gasteiger partial charge in [-0.25, -0.2) is 0 Å². The fourth-order valence-electron chi connectivity index (χ4n) is 2.05.